The molecule has 8 nitrogen and oxygen atoms in total. The zero-order valence-corrected chi connectivity index (χ0v) is 20.1. The van der Waals surface area contributed by atoms with Gasteiger partial charge in [-0.05, 0) is 49.8 Å². The molecule has 174 valence electrons. The smallest absolute Gasteiger partial charge is 0.181 e. The molecule has 0 bridgehead atoms. The Kier molecular flexibility index (Phi) is 5.48. The predicted molar refractivity (Wildman–Crippen MR) is 140 cm³/mol. The van der Waals surface area contributed by atoms with E-state index in [0.29, 0.717) is 12.3 Å². The number of H-pyrrole nitrogens is 2. The molecule has 0 atom stereocenters. The number of hydrogen-bond acceptors (Lipinski definition) is 7. The number of ether oxygens (including phenoxy) is 1. The van der Waals surface area contributed by atoms with Gasteiger partial charge < -0.3 is 14.6 Å². The monoisotopic (exact) mass is 481 g/mol. The van der Waals surface area contributed by atoms with Gasteiger partial charge in [0.05, 0.1) is 28.2 Å². The average molecular weight is 482 g/mol. The first kappa shape index (κ1) is 21.5. The van der Waals surface area contributed by atoms with Crippen LogP contribution in [0.5, 0.6) is 5.75 Å². The fraction of sp³-hybridized carbons (Fsp3) is 0.154. The summed E-state index contributed by atoms with van der Waals surface area (Å²) in [5, 5.41) is 11.7. The maximum atomic E-state index is 5.87. The molecule has 0 spiro atoms. The second-order valence-electron chi connectivity index (χ2n) is 8.54. The van der Waals surface area contributed by atoms with Crippen molar-refractivity contribution in [1.29, 1.82) is 0 Å². The van der Waals surface area contributed by atoms with Gasteiger partial charge in [-0.15, -0.1) is 11.3 Å². The fourth-order valence-corrected chi connectivity index (χ4v) is 4.80. The predicted octanol–water partition coefficient (Wildman–Crippen LogP) is 5.23. The average Bonchev–Trinajstić information content (AvgIpc) is 3.62. The number of hydrogen-bond donors (Lipinski definition) is 2. The van der Waals surface area contributed by atoms with E-state index in [0.717, 1.165) is 61.7 Å². The van der Waals surface area contributed by atoms with E-state index in [1.807, 2.05) is 50.9 Å². The van der Waals surface area contributed by atoms with Gasteiger partial charge in [-0.1, -0.05) is 6.07 Å². The summed E-state index contributed by atoms with van der Waals surface area (Å²) in [6.07, 6.45) is 7.21. The van der Waals surface area contributed by atoms with Crippen molar-refractivity contribution in [1.82, 2.24) is 35.0 Å². The molecule has 0 saturated carbocycles. The highest BCUT2D eigenvalue weighted by Crippen LogP contribution is 2.35. The second-order valence-corrected chi connectivity index (χ2v) is 9.48. The van der Waals surface area contributed by atoms with Crippen LogP contribution in [0.25, 0.3) is 55.0 Å². The van der Waals surface area contributed by atoms with Gasteiger partial charge in [-0.2, -0.15) is 5.10 Å². The molecule has 35 heavy (non-hydrogen) atoms. The van der Waals surface area contributed by atoms with Crippen molar-refractivity contribution in [3.63, 3.8) is 0 Å². The number of rotatable bonds is 7. The van der Waals surface area contributed by atoms with Crippen molar-refractivity contribution in [2.24, 2.45) is 0 Å². The van der Waals surface area contributed by atoms with Gasteiger partial charge in [0.1, 0.15) is 12.4 Å². The van der Waals surface area contributed by atoms with Crippen LogP contribution in [-0.2, 0) is 0 Å². The molecule has 2 N–H and O–H groups in total. The van der Waals surface area contributed by atoms with Crippen LogP contribution in [0.3, 0.4) is 0 Å². The number of nitrogens with one attached hydrogen (secondary N) is 2. The Balaban J connectivity index is 1.38. The van der Waals surface area contributed by atoms with Crippen molar-refractivity contribution < 1.29 is 4.74 Å². The first-order valence-electron chi connectivity index (χ1n) is 11.2. The van der Waals surface area contributed by atoms with E-state index in [1.54, 1.807) is 17.5 Å². The first-order valence-corrected chi connectivity index (χ1v) is 12.1. The van der Waals surface area contributed by atoms with Crippen LogP contribution in [0.2, 0.25) is 0 Å². The summed E-state index contributed by atoms with van der Waals surface area (Å²) in [5.41, 5.74) is 6.36. The summed E-state index contributed by atoms with van der Waals surface area (Å²) in [6.45, 7) is 1.44. The number of nitrogens with zero attached hydrogens (tertiary/aromatic N) is 5. The largest absolute Gasteiger partial charge is 0.491 e. The lowest BCUT2D eigenvalue weighted by atomic mass is 10.1. The number of pyridine rings is 3. The van der Waals surface area contributed by atoms with Crippen molar-refractivity contribution in [2.45, 2.75) is 0 Å². The van der Waals surface area contributed by atoms with Crippen molar-refractivity contribution in [3.05, 3.63) is 66.6 Å². The minimum Gasteiger partial charge on any atom is -0.491 e. The Hall–Kier alpha value is -4.08. The molecule has 0 aliphatic heterocycles. The van der Waals surface area contributed by atoms with Gasteiger partial charge in [-0.25, -0.2) is 4.98 Å². The molecule has 0 saturated heterocycles. The Bertz CT molecular complexity index is 1620. The highest BCUT2D eigenvalue weighted by atomic mass is 32.1. The molecule has 6 heterocycles. The quantitative estimate of drug-likeness (QED) is 0.324. The molecule has 0 amide bonds. The molecular weight excluding hydrogens is 458 g/mol. The van der Waals surface area contributed by atoms with Crippen LogP contribution in [0.4, 0.5) is 0 Å². The standard InChI is InChI=1S/C26H23N7OS/c1-33(2)7-8-34-18-10-16(13-27-15-18)17-11-20-24(31-32-26(20)29-14-17)22-12-19-21(30-22)5-6-28-25(19)23-4-3-9-35-23/h3-6,9-15,30H,7-8H2,1-2H3,(H,29,31,32). The van der Waals surface area contributed by atoms with Crippen LogP contribution >= 0.6 is 11.3 Å². The molecule has 0 radical (unpaired) electrons. The van der Waals surface area contributed by atoms with Crippen LogP contribution in [0, 0.1) is 0 Å². The third-order valence-corrected chi connectivity index (χ3v) is 6.71. The van der Waals surface area contributed by atoms with Gasteiger partial charge in [0, 0.05) is 52.6 Å². The molecule has 0 aromatic carbocycles. The summed E-state index contributed by atoms with van der Waals surface area (Å²) in [7, 11) is 4.04. The van der Waals surface area contributed by atoms with Gasteiger partial charge in [0.2, 0.25) is 0 Å². The highest BCUT2D eigenvalue weighted by molar-refractivity contribution is 7.13. The van der Waals surface area contributed by atoms with E-state index < -0.39 is 0 Å². The Morgan fingerprint density at radius 3 is 2.77 bits per heavy atom. The zero-order chi connectivity index (χ0) is 23.8. The summed E-state index contributed by atoms with van der Waals surface area (Å²) in [4.78, 5) is 20.3. The summed E-state index contributed by atoms with van der Waals surface area (Å²) < 4.78 is 5.87. The molecule has 6 aromatic heterocycles. The fourth-order valence-electron chi connectivity index (χ4n) is 4.06. The number of thiophene rings is 1. The lowest BCUT2D eigenvalue weighted by Crippen LogP contribution is -2.19. The summed E-state index contributed by atoms with van der Waals surface area (Å²) in [6, 6.07) is 12.3. The highest BCUT2D eigenvalue weighted by Gasteiger charge is 2.15. The zero-order valence-electron chi connectivity index (χ0n) is 19.3. The minimum absolute atomic E-state index is 0.601. The Labute approximate surface area is 205 Å². The summed E-state index contributed by atoms with van der Waals surface area (Å²) in [5.74, 6) is 0.737. The number of aromatic nitrogens is 6. The number of fused-ring (bicyclic) bond motifs is 2. The van der Waals surface area contributed by atoms with Crippen LogP contribution in [-0.4, -0.2) is 62.3 Å². The van der Waals surface area contributed by atoms with Crippen molar-refractivity contribution >= 4 is 33.3 Å². The van der Waals surface area contributed by atoms with Crippen molar-refractivity contribution in [2.75, 3.05) is 27.2 Å². The third kappa shape index (κ3) is 4.16. The van der Waals surface area contributed by atoms with E-state index in [9.17, 15) is 0 Å². The van der Waals surface area contributed by atoms with E-state index in [-0.39, 0.29) is 0 Å². The molecule has 0 aliphatic carbocycles. The van der Waals surface area contributed by atoms with E-state index in [1.165, 1.54) is 0 Å². The molecule has 0 aliphatic rings. The molecule has 9 heteroatoms. The minimum atomic E-state index is 0.601. The maximum Gasteiger partial charge on any atom is 0.181 e. The lowest BCUT2D eigenvalue weighted by molar-refractivity contribution is 0.261. The van der Waals surface area contributed by atoms with E-state index in [2.05, 4.69) is 58.6 Å². The SMILES string of the molecule is CN(C)CCOc1cncc(-c2cnc3n[nH]c(-c4cc5c(-c6cccs6)nccc5[nH]4)c3c2)c1. The molecule has 6 rings (SSSR count). The summed E-state index contributed by atoms with van der Waals surface area (Å²) >= 11 is 1.68. The number of likely N-dealkylation sites (N-methyl/N-ethyl adjacent to an activating group) is 1. The topological polar surface area (TPSA) is 95.6 Å². The van der Waals surface area contributed by atoms with Gasteiger partial charge in [0.15, 0.2) is 5.65 Å². The van der Waals surface area contributed by atoms with Crippen LogP contribution < -0.4 is 4.74 Å². The van der Waals surface area contributed by atoms with Crippen molar-refractivity contribution in [3.8, 4) is 38.8 Å². The molecule has 0 unspecified atom stereocenters. The lowest BCUT2D eigenvalue weighted by Gasteiger charge is -2.11. The normalized spacial score (nSPS) is 11.6. The Morgan fingerprint density at radius 1 is 1.00 bits per heavy atom. The molecular formula is C26H23N7OS. The molecule has 6 aromatic rings. The van der Waals surface area contributed by atoms with Gasteiger partial charge in [-0.3, -0.25) is 15.1 Å². The van der Waals surface area contributed by atoms with E-state index in [4.69, 9.17) is 4.74 Å². The number of aromatic amines is 2. The maximum absolute atomic E-state index is 5.87. The molecule has 0 fully saturated rings. The first-order chi connectivity index (χ1) is 17.2. The van der Waals surface area contributed by atoms with Gasteiger partial charge >= 0.3 is 0 Å². The van der Waals surface area contributed by atoms with Crippen LogP contribution in [0.1, 0.15) is 0 Å². The van der Waals surface area contributed by atoms with E-state index >= 15 is 0 Å². The third-order valence-electron chi connectivity index (χ3n) is 5.84. The Morgan fingerprint density at radius 2 is 1.91 bits per heavy atom. The van der Waals surface area contributed by atoms with Crippen LogP contribution in [0.15, 0.2) is 66.6 Å². The van der Waals surface area contributed by atoms with Gasteiger partial charge in [0.25, 0.3) is 0 Å². The second kappa shape index (κ2) is 8.94.